The highest BCUT2D eigenvalue weighted by molar-refractivity contribution is 7.85. The number of allylic oxidation sites excluding steroid dienone is 5. The summed E-state index contributed by atoms with van der Waals surface area (Å²) in [6.07, 6.45) is 6.68. The third-order valence-corrected chi connectivity index (χ3v) is 3.93. The van der Waals surface area contributed by atoms with Crippen LogP contribution in [0.2, 0.25) is 0 Å². The lowest BCUT2D eigenvalue weighted by Crippen LogP contribution is -2.26. The number of nitrogens with zero attached hydrogens (tertiary/aromatic N) is 1. The molecule has 0 fully saturated rings. The molecule has 0 radical (unpaired) electrons. The summed E-state index contributed by atoms with van der Waals surface area (Å²) in [5, 5.41) is 12.1. The van der Waals surface area contributed by atoms with Crippen LogP contribution in [0.4, 0.5) is 0 Å². The number of benzene rings is 1. The van der Waals surface area contributed by atoms with Crippen LogP contribution < -0.4 is 5.32 Å². The van der Waals surface area contributed by atoms with Crippen LogP contribution in [0, 0.1) is 11.8 Å². The molecule has 4 nitrogen and oxygen atoms in total. The van der Waals surface area contributed by atoms with Gasteiger partial charge in [-0.3, -0.25) is 9.79 Å². The van der Waals surface area contributed by atoms with Crippen LogP contribution in [0.3, 0.4) is 0 Å². The number of aliphatic hydroxyl groups is 1. The summed E-state index contributed by atoms with van der Waals surface area (Å²) in [7, 11) is 0. The molecule has 0 saturated heterocycles. The minimum absolute atomic E-state index is 0.0709. The molecule has 140 valence electrons. The third-order valence-electron chi connectivity index (χ3n) is 3.41. The molecule has 27 heavy (non-hydrogen) atoms. The number of amides is 1. The van der Waals surface area contributed by atoms with Crippen LogP contribution in [0.25, 0.3) is 0 Å². The maximum absolute atomic E-state index is 12.1. The molecule has 0 atom stereocenters. The lowest BCUT2D eigenvalue weighted by molar-refractivity contribution is -0.116. The summed E-state index contributed by atoms with van der Waals surface area (Å²) in [6.45, 7) is 7.48. The fraction of sp³-hybridized carbons (Fsp3) is 0.182. The Morgan fingerprint density at radius 2 is 2.00 bits per heavy atom. The normalized spacial score (nSPS) is 12.9. The maximum Gasteiger partial charge on any atom is 0.259 e. The molecule has 0 aliphatic rings. The Morgan fingerprint density at radius 3 is 2.67 bits per heavy atom. The lowest BCUT2D eigenvalue weighted by atomic mass is 10.1. The molecule has 0 spiro atoms. The molecule has 0 aliphatic carbocycles. The van der Waals surface area contributed by atoms with Crippen molar-refractivity contribution in [3.63, 3.8) is 0 Å². The highest BCUT2D eigenvalue weighted by atomic mass is 32.1. The zero-order chi connectivity index (χ0) is 20.1. The Morgan fingerprint density at radius 1 is 1.30 bits per heavy atom. The van der Waals surface area contributed by atoms with Gasteiger partial charge in [-0.05, 0) is 55.6 Å². The average Bonchev–Trinajstić information content (AvgIpc) is 2.69. The highest BCUT2D eigenvalue weighted by Crippen LogP contribution is 2.09. The molecular formula is C22H24N2O2S. The molecule has 1 aromatic rings. The van der Waals surface area contributed by atoms with Gasteiger partial charge in [0, 0.05) is 6.54 Å². The quantitative estimate of drug-likeness (QED) is 0.166. The molecule has 5 heteroatoms. The molecule has 0 aliphatic heterocycles. The molecule has 0 heterocycles. The molecule has 0 unspecified atom stereocenters. The van der Waals surface area contributed by atoms with E-state index in [0.717, 1.165) is 17.6 Å². The van der Waals surface area contributed by atoms with Gasteiger partial charge in [-0.2, -0.15) is 0 Å². The van der Waals surface area contributed by atoms with Gasteiger partial charge in [-0.1, -0.05) is 42.8 Å². The van der Waals surface area contributed by atoms with Gasteiger partial charge < -0.3 is 10.4 Å². The topological polar surface area (TPSA) is 61.7 Å². The van der Waals surface area contributed by atoms with E-state index >= 15 is 0 Å². The minimum Gasteiger partial charge on any atom is -0.508 e. The predicted molar refractivity (Wildman–Crippen MR) is 116 cm³/mol. The SMILES string of the molecule is C=C/C(O)=C\C=C(/C)C#CC=N/C(C)=C(\S)C(=O)NCCc1ccccc1. The van der Waals surface area contributed by atoms with Crippen molar-refractivity contribution in [3.05, 3.63) is 82.6 Å². The van der Waals surface area contributed by atoms with E-state index in [1.807, 2.05) is 30.3 Å². The van der Waals surface area contributed by atoms with Gasteiger partial charge >= 0.3 is 0 Å². The zero-order valence-electron chi connectivity index (χ0n) is 15.6. The van der Waals surface area contributed by atoms with Crippen molar-refractivity contribution in [2.24, 2.45) is 4.99 Å². The highest BCUT2D eigenvalue weighted by Gasteiger charge is 2.07. The predicted octanol–water partition coefficient (Wildman–Crippen LogP) is 4.16. The van der Waals surface area contributed by atoms with Crippen LogP contribution >= 0.6 is 12.6 Å². The standard InChI is InChI=1S/C22H24N2O2S/c1-4-20(25)13-12-17(2)9-8-15-23-18(3)21(27)22(26)24-16-14-19-10-6-5-7-11-19/h4-7,10-13,15,25,27H,1,14,16H2,2-3H3,(H,24,26)/b17-12+,20-13+,21-18-,23-15?. The third kappa shape index (κ3) is 9.34. The van der Waals surface area contributed by atoms with E-state index in [4.69, 9.17) is 0 Å². The molecule has 1 aromatic carbocycles. The van der Waals surface area contributed by atoms with Crippen molar-refractivity contribution in [2.45, 2.75) is 20.3 Å². The first kappa shape index (κ1) is 22.1. The second kappa shape index (κ2) is 12.4. The number of thiol groups is 1. The summed E-state index contributed by atoms with van der Waals surface area (Å²) in [5.41, 5.74) is 2.39. The molecule has 1 amide bonds. The Bertz CT molecular complexity index is 838. The van der Waals surface area contributed by atoms with Crippen LogP contribution in [0.15, 0.2) is 82.1 Å². The summed E-state index contributed by atoms with van der Waals surface area (Å²) in [5.74, 6) is 5.44. The van der Waals surface area contributed by atoms with Gasteiger partial charge in [-0.25, -0.2) is 0 Å². The molecule has 2 N–H and O–H groups in total. The number of aliphatic imine (C=N–C) groups is 1. The van der Waals surface area contributed by atoms with E-state index in [0.29, 0.717) is 12.2 Å². The number of hydrogen-bond acceptors (Lipinski definition) is 4. The zero-order valence-corrected chi connectivity index (χ0v) is 16.5. The number of nitrogens with one attached hydrogen (secondary N) is 1. The number of rotatable bonds is 7. The van der Waals surface area contributed by atoms with Crippen molar-refractivity contribution in [3.8, 4) is 11.8 Å². The first-order chi connectivity index (χ1) is 12.9. The number of aliphatic hydroxyl groups excluding tert-OH is 1. The Hall–Kier alpha value is -2.97. The van der Waals surface area contributed by atoms with E-state index in [2.05, 4.69) is 41.4 Å². The van der Waals surface area contributed by atoms with Crippen LogP contribution in [-0.2, 0) is 11.2 Å². The van der Waals surface area contributed by atoms with Crippen molar-refractivity contribution >= 4 is 24.8 Å². The largest absolute Gasteiger partial charge is 0.508 e. The van der Waals surface area contributed by atoms with E-state index in [1.165, 1.54) is 18.4 Å². The number of carbonyl (C=O) groups excluding carboxylic acids is 1. The lowest BCUT2D eigenvalue weighted by Gasteiger charge is -2.06. The number of hydrogen-bond donors (Lipinski definition) is 3. The minimum atomic E-state index is -0.266. The van der Waals surface area contributed by atoms with Crippen molar-refractivity contribution in [1.82, 2.24) is 5.32 Å². The fourth-order valence-corrected chi connectivity index (χ4v) is 2.01. The number of carbonyl (C=O) groups is 1. The first-order valence-electron chi connectivity index (χ1n) is 8.40. The molecule has 0 bridgehead atoms. The fourth-order valence-electron chi connectivity index (χ4n) is 1.87. The smallest absolute Gasteiger partial charge is 0.259 e. The van der Waals surface area contributed by atoms with Crippen LogP contribution in [-0.4, -0.2) is 23.8 Å². The van der Waals surface area contributed by atoms with Crippen LogP contribution in [0.1, 0.15) is 19.4 Å². The van der Waals surface area contributed by atoms with Crippen LogP contribution in [0.5, 0.6) is 0 Å². The maximum atomic E-state index is 12.1. The monoisotopic (exact) mass is 380 g/mol. The van der Waals surface area contributed by atoms with E-state index in [-0.39, 0.29) is 16.6 Å². The summed E-state index contributed by atoms with van der Waals surface area (Å²) < 4.78 is 0. The van der Waals surface area contributed by atoms with Crippen molar-refractivity contribution in [2.75, 3.05) is 6.54 Å². The van der Waals surface area contributed by atoms with Gasteiger partial charge in [0.25, 0.3) is 5.91 Å². The summed E-state index contributed by atoms with van der Waals surface area (Å²) >= 11 is 4.24. The van der Waals surface area contributed by atoms with E-state index in [1.54, 1.807) is 19.9 Å². The van der Waals surface area contributed by atoms with Gasteiger partial charge in [0.05, 0.1) is 16.8 Å². The Kier molecular flexibility index (Phi) is 10.1. The second-order valence-corrected chi connectivity index (χ2v) is 6.05. The molecular weight excluding hydrogens is 356 g/mol. The molecule has 0 saturated carbocycles. The van der Waals surface area contributed by atoms with E-state index in [9.17, 15) is 9.90 Å². The van der Waals surface area contributed by atoms with Gasteiger partial charge in [0.2, 0.25) is 0 Å². The van der Waals surface area contributed by atoms with Gasteiger partial charge in [0.1, 0.15) is 5.76 Å². The average molecular weight is 381 g/mol. The summed E-state index contributed by atoms with van der Waals surface area (Å²) in [6, 6.07) is 9.93. The van der Waals surface area contributed by atoms with Crippen molar-refractivity contribution < 1.29 is 9.90 Å². The molecule has 0 aromatic heterocycles. The van der Waals surface area contributed by atoms with E-state index < -0.39 is 0 Å². The summed E-state index contributed by atoms with van der Waals surface area (Å²) in [4.78, 5) is 16.5. The van der Waals surface area contributed by atoms with Gasteiger partial charge in [0.15, 0.2) is 0 Å². The molecule has 1 rings (SSSR count). The van der Waals surface area contributed by atoms with Gasteiger partial charge in [-0.15, -0.1) is 12.6 Å². The second-order valence-electron chi connectivity index (χ2n) is 5.60. The first-order valence-corrected chi connectivity index (χ1v) is 8.84. The van der Waals surface area contributed by atoms with Crippen molar-refractivity contribution in [1.29, 1.82) is 0 Å². The Labute approximate surface area is 166 Å². The Balaban J connectivity index is 2.57.